The fourth-order valence-corrected chi connectivity index (χ4v) is 1.29. The Labute approximate surface area is 100 Å². The highest BCUT2D eigenvalue weighted by Gasteiger charge is 2.02. The second kappa shape index (κ2) is 9.79. The zero-order chi connectivity index (χ0) is 12.4. The van der Waals surface area contributed by atoms with Crippen LogP contribution in [0.5, 0.6) is 0 Å². The van der Waals surface area contributed by atoms with Crippen LogP contribution in [-0.4, -0.2) is 43.5 Å². The number of Topliss-reactive ketones (excluding diaryl/α,β-unsaturated/α-hetero) is 1. The maximum absolute atomic E-state index is 10.9. The van der Waals surface area contributed by atoms with E-state index in [2.05, 4.69) is 25.8 Å². The maximum atomic E-state index is 10.9. The van der Waals surface area contributed by atoms with Gasteiger partial charge in [-0.15, -0.1) is 0 Å². The van der Waals surface area contributed by atoms with Gasteiger partial charge in [0.2, 0.25) is 0 Å². The van der Waals surface area contributed by atoms with Gasteiger partial charge in [0.15, 0.2) is 5.78 Å². The Balaban J connectivity index is 3.19. The lowest BCUT2D eigenvalue weighted by Crippen LogP contribution is -2.27. The molecule has 0 unspecified atom stereocenters. The molecule has 0 bridgehead atoms. The van der Waals surface area contributed by atoms with Crippen molar-refractivity contribution in [2.75, 3.05) is 26.8 Å². The van der Waals surface area contributed by atoms with Crippen molar-refractivity contribution < 1.29 is 9.53 Å². The van der Waals surface area contributed by atoms with E-state index in [9.17, 15) is 4.79 Å². The van der Waals surface area contributed by atoms with Crippen molar-refractivity contribution in [1.29, 1.82) is 0 Å². The molecule has 3 nitrogen and oxygen atoms in total. The van der Waals surface area contributed by atoms with E-state index >= 15 is 0 Å². The van der Waals surface area contributed by atoms with Gasteiger partial charge in [-0.2, -0.15) is 0 Å². The molecule has 0 N–H and O–H groups in total. The molecule has 0 aliphatic carbocycles. The van der Waals surface area contributed by atoms with Crippen LogP contribution in [0.4, 0.5) is 0 Å². The quantitative estimate of drug-likeness (QED) is 0.539. The topological polar surface area (TPSA) is 29.5 Å². The van der Waals surface area contributed by atoms with Crippen molar-refractivity contribution in [3.8, 4) is 0 Å². The summed E-state index contributed by atoms with van der Waals surface area (Å²) in [4.78, 5) is 13.3. The van der Waals surface area contributed by atoms with Crippen molar-refractivity contribution in [2.24, 2.45) is 0 Å². The van der Waals surface area contributed by atoms with Crippen molar-refractivity contribution in [2.45, 2.75) is 52.5 Å². The largest absolute Gasteiger partial charge is 0.374 e. The molecule has 0 rings (SSSR count). The minimum absolute atomic E-state index is 0.194. The van der Waals surface area contributed by atoms with E-state index in [0.717, 1.165) is 19.6 Å². The van der Waals surface area contributed by atoms with Crippen LogP contribution in [0.2, 0.25) is 0 Å². The van der Waals surface area contributed by atoms with Crippen molar-refractivity contribution in [1.82, 2.24) is 4.90 Å². The molecule has 96 valence electrons. The summed E-state index contributed by atoms with van der Waals surface area (Å²) in [5.41, 5.74) is 0. The van der Waals surface area contributed by atoms with Gasteiger partial charge in [0.05, 0.1) is 0 Å². The lowest BCUT2D eigenvalue weighted by molar-refractivity contribution is -0.123. The standard InChI is InChI=1S/C13H27NO2/c1-5-13(15)11-16-10-8-6-7-9-14(4)12(2)3/h12H,5-11H2,1-4H3. The van der Waals surface area contributed by atoms with Gasteiger partial charge in [0.1, 0.15) is 6.61 Å². The fraction of sp³-hybridized carbons (Fsp3) is 0.923. The number of unbranched alkanes of at least 4 members (excludes halogenated alkanes) is 2. The third-order valence-electron chi connectivity index (χ3n) is 2.84. The van der Waals surface area contributed by atoms with E-state index in [0.29, 0.717) is 19.1 Å². The van der Waals surface area contributed by atoms with Crippen LogP contribution in [0.25, 0.3) is 0 Å². The normalized spacial score (nSPS) is 11.4. The summed E-state index contributed by atoms with van der Waals surface area (Å²) in [5, 5.41) is 0. The summed E-state index contributed by atoms with van der Waals surface area (Å²) in [6.07, 6.45) is 4.03. The highest BCUT2D eigenvalue weighted by Crippen LogP contribution is 2.01. The zero-order valence-electron chi connectivity index (χ0n) is 11.3. The van der Waals surface area contributed by atoms with E-state index in [-0.39, 0.29) is 5.78 Å². The van der Waals surface area contributed by atoms with Crippen LogP contribution < -0.4 is 0 Å². The van der Waals surface area contributed by atoms with Crippen LogP contribution in [-0.2, 0) is 9.53 Å². The molecule has 0 aliphatic heterocycles. The van der Waals surface area contributed by atoms with Crippen LogP contribution in [0.1, 0.15) is 46.5 Å². The molecule has 0 radical (unpaired) electrons. The second-order valence-electron chi connectivity index (χ2n) is 4.58. The molecule has 0 fully saturated rings. The molecule has 0 saturated carbocycles. The van der Waals surface area contributed by atoms with Crippen molar-refractivity contribution in [3.05, 3.63) is 0 Å². The number of rotatable bonds is 10. The predicted molar refractivity (Wildman–Crippen MR) is 67.7 cm³/mol. The number of nitrogens with zero attached hydrogens (tertiary/aromatic N) is 1. The second-order valence-corrected chi connectivity index (χ2v) is 4.58. The average molecular weight is 229 g/mol. The van der Waals surface area contributed by atoms with Crippen molar-refractivity contribution >= 4 is 5.78 Å². The molecule has 3 heteroatoms. The zero-order valence-corrected chi connectivity index (χ0v) is 11.3. The minimum Gasteiger partial charge on any atom is -0.374 e. The first kappa shape index (κ1) is 15.6. The Kier molecular flexibility index (Phi) is 9.54. The number of carbonyl (C=O) groups excluding carboxylic acids is 1. The van der Waals surface area contributed by atoms with Gasteiger partial charge < -0.3 is 9.64 Å². The van der Waals surface area contributed by atoms with Gasteiger partial charge in [0, 0.05) is 19.1 Å². The summed E-state index contributed by atoms with van der Waals surface area (Å²) < 4.78 is 5.28. The number of ketones is 1. The first-order valence-corrected chi connectivity index (χ1v) is 6.37. The molecule has 0 aromatic rings. The van der Waals surface area contributed by atoms with E-state index in [1.165, 1.54) is 12.8 Å². The van der Waals surface area contributed by atoms with Gasteiger partial charge in [-0.3, -0.25) is 4.79 Å². The van der Waals surface area contributed by atoms with Crippen LogP contribution in [0.3, 0.4) is 0 Å². The molecular weight excluding hydrogens is 202 g/mol. The number of carbonyl (C=O) groups is 1. The van der Waals surface area contributed by atoms with Gasteiger partial charge in [0.25, 0.3) is 0 Å². The maximum Gasteiger partial charge on any atom is 0.158 e. The molecule has 0 atom stereocenters. The highest BCUT2D eigenvalue weighted by molar-refractivity contribution is 5.79. The number of ether oxygens (including phenoxy) is 1. The highest BCUT2D eigenvalue weighted by atomic mass is 16.5. The Morgan fingerprint density at radius 1 is 1.25 bits per heavy atom. The molecule has 0 amide bonds. The average Bonchev–Trinajstić information content (AvgIpc) is 2.26. The van der Waals surface area contributed by atoms with Crippen LogP contribution >= 0.6 is 0 Å². The molecule has 16 heavy (non-hydrogen) atoms. The van der Waals surface area contributed by atoms with E-state index in [1.54, 1.807) is 0 Å². The number of hydrogen-bond donors (Lipinski definition) is 0. The van der Waals surface area contributed by atoms with Gasteiger partial charge in [-0.05, 0) is 46.7 Å². The Morgan fingerprint density at radius 2 is 1.94 bits per heavy atom. The van der Waals surface area contributed by atoms with Gasteiger partial charge in [-0.25, -0.2) is 0 Å². The lowest BCUT2D eigenvalue weighted by atomic mass is 10.2. The van der Waals surface area contributed by atoms with Crippen molar-refractivity contribution in [3.63, 3.8) is 0 Å². The molecule has 0 aromatic carbocycles. The van der Waals surface area contributed by atoms with Crippen LogP contribution in [0.15, 0.2) is 0 Å². The summed E-state index contributed by atoms with van der Waals surface area (Å²) in [7, 11) is 2.15. The predicted octanol–water partition coefficient (Wildman–Crippen LogP) is 2.49. The van der Waals surface area contributed by atoms with Gasteiger partial charge in [-0.1, -0.05) is 6.92 Å². The Bertz CT molecular complexity index is 181. The van der Waals surface area contributed by atoms with Gasteiger partial charge >= 0.3 is 0 Å². The smallest absolute Gasteiger partial charge is 0.158 e. The molecule has 0 spiro atoms. The first-order chi connectivity index (χ1) is 7.57. The lowest BCUT2D eigenvalue weighted by Gasteiger charge is -2.20. The molecule has 0 aliphatic rings. The van der Waals surface area contributed by atoms with E-state index in [4.69, 9.17) is 4.74 Å². The summed E-state index contributed by atoms with van der Waals surface area (Å²) in [6.45, 7) is 8.44. The Morgan fingerprint density at radius 3 is 2.50 bits per heavy atom. The minimum atomic E-state index is 0.194. The summed E-state index contributed by atoms with van der Waals surface area (Å²) in [6, 6.07) is 0.624. The monoisotopic (exact) mass is 229 g/mol. The molecule has 0 aromatic heterocycles. The number of hydrogen-bond acceptors (Lipinski definition) is 3. The van der Waals surface area contributed by atoms with E-state index < -0.39 is 0 Å². The fourth-order valence-electron chi connectivity index (χ4n) is 1.29. The summed E-state index contributed by atoms with van der Waals surface area (Å²) in [5.74, 6) is 0.194. The van der Waals surface area contributed by atoms with E-state index in [1.807, 2.05) is 6.92 Å². The Hall–Kier alpha value is -0.410. The SMILES string of the molecule is CCC(=O)COCCCCCN(C)C(C)C. The van der Waals surface area contributed by atoms with Crippen LogP contribution in [0, 0.1) is 0 Å². The molecular formula is C13H27NO2. The third-order valence-corrected chi connectivity index (χ3v) is 2.84. The third kappa shape index (κ3) is 8.86. The summed E-state index contributed by atoms with van der Waals surface area (Å²) >= 11 is 0. The molecule has 0 saturated heterocycles. The molecule has 0 heterocycles. The first-order valence-electron chi connectivity index (χ1n) is 6.37.